The highest BCUT2D eigenvalue weighted by atomic mass is 127. The second kappa shape index (κ2) is 11.3. The Labute approximate surface area is 171 Å². The van der Waals surface area contributed by atoms with Crippen molar-refractivity contribution in [2.75, 3.05) is 20.7 Å². The zero-order valence-electron chi connectivity index (χ0n) is 15.3. The number of aliphatic imine (C=N–C) groups is 1. The van der Waals surface area contributed by atoms with E-state index >= 15 is 0 Å². The summed E-state index contributed by atoms with van der Waals surface area (Å²) in [6, 6.07) is 6.32. The first-order valence-electron chi connectivity index (χ1n) is 8.17. The Bertz CT molecular complexity index is 687. The third-order valence-electron chi connectivity index (χ3n) is 3.74. The fraction of sp³-hybridized carbons (Fsp3) is 0.444. The minimum absolute atomic E-state index is 0. The first-order valence-corrected chi connectivity index (χ1v) is 9.05. The van der Waals surface area contributed by atoms with Crippen LogP contribution in [-0.4, -0.2) is 31.6 Å². The highest BCUT2D eigenvalue weighted by molar-refractivity contribution is 14.0. The highest BCUT2D eigenvalue weighted by Crippen LogP contribution is 2.19. The quantitative estimate of drug-likeness (QED) is 0.366. The highest BCUT2D eigenvalue weighted by Gasteiger charge is 2.04. The summed E-state index contributed by atoms with van der Waals surface area (Å²) in [6.45, 7) is 5.67. The standard InChI is InChI=1S/C18H26N4OS.HI/c1-5-17-22-15(12-24-17)11-21-18(19-3)20-9-8-14-7-6-13(2)16(10-14)23-4;/h6-7,10,12H,5,8-9,11H2,1-4H3,(H2,19,20,21);1H. The van der Waals surface area contributed by atoms with Gasteiger partial charge in [-0.1, -0.05) is 19.1 Å². The van der Waals surface area contributed by atoms with Gasteiger partial charge in [0, 0.05) is 19.0 Å². The van der Waals surface area contributed by atoms with Gasteiger partial charge in [-0.3, -0.25) is 4.99 Å². The Balaban J connectivity index is 0.00000312. The molecule has 1 aromatic heterocycles. The van der Waals surface area contributed by atoms with Crippen LogP contribution in [0.2, 0.25) is 0 Å². The van der Waals surface area contributed by atoms with Crippen molar-refractivity contribution in [1.82, 2.24) is 15.6 Å². The van der Waals surface area contributed by atoms with Gasteiger partial charge in [-0.25, -0.2) is 4.98 Å². The molecule has 0 bridgehead atoms. The second-order valence-corrected chi connectivity index (χ2v) is 6.44. The summed E-state index contributed by atoms with van der Waals surface area (Å²) in [5.41, 5.74) is 3.46. The van der Waals surface area contributed by atoms with Crippen molar-refractivity contribution in [3.63, 3.8) is 0 Å². The van der Waals surface area contributed by atoms with Crippen LogP contribution in [0.1, 0.15) is 28.8 Å². The van der Waals surface area contributed by atoms with Gasteiger partial charge < -0.3 is 15.4 Å². The van der Waals surface area contributed by atoms with Crippen molar-refractivity contribution in [2.24, 2.45) is 4.99 Å². The maximum Gasteiger partial charge on any atom is 0.191 e. The Morgan fingerprint density at radius 3 is 2.76 bits per heavy atom. The van der Waals surface area contributed by atoms with Crippen LogP contribution in [0.25, 0.3) is 0 Å². The maximum atomic E-state index is 5.37. The van der Waals surface area contributed by atoms with Gasteiger partial charge in [0.05, 0.1) is 24.4 Å². The molecule has 1 heterocycles. The summed E-state index contributed by atoms with van der Waals surface area (Å²) in [6.07, 6.45) is 1.89. The third-order valence-corrected chi connectivity index (χ3v) is 4.78. The largest absolute Gasteiger partial charge is 0.496 e. The number of thiazole rings is 1. The summed E-state index contributed by atoms with van der Waals surface area (Å²) < 4.78 is 5.37. The van der Waals surface area contributed by atoms with Crippen molar-refractivity contribution in [3.05, 3.63) is 45.4 Å². The molecule has 0 spiro atoms. The number of nitrogens with zero attached hydrogens (tertiary/aromatic N) is 2. The first kappa shape index (κ1) is 21.7. The number of aromatic nitrogens is 1. The number of ether oxygens (including phenoxy) is 1. The summed E-state index contributed by atoms with van der Waals surface area (Å²) >= 11 is 1.71. The zero-order chi connectivity index (χ0) is 17.4. The second-order valence-electron chi connectivity index (χ2n) is 5.49. The molecule has 2 aromatic rings. The molecular formula is C18H27IN4OS. The van der Waals surface area contributed by atoms with E-state index in [4.69, 9.17) is 4.74 Å². The molecule has 2 N–H and O–H groups in total. The molecule has 0 saturated carbocycles. The first-order chi connectivity index (χ1) is 11.7. The smallest absolute Gasteiger partial charge is 0.191 e. The van der Waals surface area contributed by atoms with E-state index in [9.17, 15) is 0 Å². The molecule has 25 heavy (non-hydrogen) atoms. The van der Waals surface area contributed by atoms with Gasteiger partial charge in [-0.05, 0) is 37.0 Å². The normalized spacial score (nSPS) is 11.0. The monoisotopic (exact) mass is 474 g/mol. The van der Waals surface area contributed by atoms with Gasteiger partial charge in [0.2, 0.25) is 0 Å². The number of guanidine groups is 1. The fourth-order valence-electron chi connectivity index (χ4n) is 2.33. The molecule has 1 aromatic carbocycles. The van der Waals surface area contributed by atoms with Crippen LogP contribution in [0, 0.1) is 6.92 Å². The molecule has 7 heteroatoms. The van der Waals surface area contributed by atoms with Crippen molar-refractivity contribution in [3.8, 4) is 5.75 Å². The number of rotatable bonds is 7. The Morgan fingerprint density at radius 2 is 2.12 bits per heavy atom. The Morgan fingerprint density at radius 1 is 1.32 bits per heavy atom. The SMILES string of the molecule is CCc1nc(CNC(=NC)NCCc2ccc(C)c(OC)c2)cs1.I. The molecule has 0 amide bonds. The molecule has 0 atom stereocenters. The average Bonchev–Trinajstić information content (AvgIpc) is 3.07. The van der Waals surface area contributed by atoms with E-state index in [1.807, 2.05) is 0 Å². The minimum Gasteiger partial charge on any atom is -0.496 e. The lowest BCUT2D eigenvalue weighted by molar-refractivity contribution is 0.411. The summed E-state index contributed by atoms with van der Waals surface area (Å²) in [5.74, 6) is 1.73. The van der Waals surface area contributed by atoms with Crippen LogP contribution in [0.4, 0.5) is 0 Å². The van der Waals surface area contributed by atoms with E-state index in [0.717, 1.165) is 42.4 Å². The lowest BCUT2D eigenvalue weighted by Crippen LogP contribution is -2.37. The number of hydrogen-bond acceptors (Lipinski definition) is 4. The van der Waals surface area contributed by atoms with Crippen LogP contribution < -0.4 is 15.4 Å². The predicted molar refractivity (Wildman–Crippen MR) is 117 cm³/mol. The Kier molecular flexibility index (Phi) is 9.81. The van der Waals surface area contributed by atoms with Crippen molar-refractivity contribution >= 4 is 41.3 Å². The van der Waals surface area contributed by atoms with Crippen molar-refractivity contribution < 1.29 is 4.74 Å². The van der Waals surface area contributed by atoms with Crippen LogP contribution in [0.5, 0.6) is 5.75 Å². The molecule has 0 aliphatic carbocycles. The molecule has 0 radical (unpaired) electrons. The van der Waals surface area contributed by atoms with E-state index in [-0.39, 0.29) is 24.0 Å². The van der Waals surface area contributed by atoms with Gasteiger partial charge >= 0.3 is 0 Å². The number of benzene rings is 1. The van der Waals surface area contributed by atoms with Crippen LogP contribution in [0.3, 0.4) is 0 Å². The van der Waals surface area contributed by atoms with Gasteiger partial charge in [0.1, 0.15) is 5.75 Å². The molecule has 0 unspecified atom stereocenters. The molecule has 138 valence electrons. The van der Waals surface area contributed by atoms with Crippen molar-refractivity contribution in [1.29, 1.82) is 0 Å². The molecule has 0 aliphatic rings. The van der Waals surface area contributed by atoms with Crippen LogP contribution in [-0.2, 0) is 19.4 Å². The molecule has 2 rings (SSSR count). The van der Waals surface area contributed by atoms with Gasteiger partial charge in [-0.15, -0.1) is 35.3 Å². The number of hydrogen-bond donors (Lipinski definition) is 2. The van der Waals surface area contributed by atoms with Gasteiger partial charge in [0.15, 0.2) is 5.96 Å². The molecule has 5 nitrogen and oxygen atoms in total. The maximum absolute atomic E-state index is 5.37. The van der Waals surface area contributed by atoms with Crippen LogP contribution in [0.15, 0.2) is 28.6 Å². The Hall–Kier alpha value is -1.35. The average molecular weight is 474 g/mol. The fourth-order valence-corrected chi connectivity index (χ4v) is 3.08. The van der Waals surface area contributed by atoms with E-state index < -0.39 is 0 Å². The van der Waals surface area contributed by atoms with E-state index in [0.29, 0.717) is 6.54 Å². The summed E-state index contributed by atoms with van der Waals surface area (Å²) in [7, 11) is 3.49. The van der Waals surface area contributed by atoms with E-state index in [1.54, 1.807) is 25.5 Å². The minimum atomic E-state index is 0. The zero-order valence-corrected chi connectivity index (χ0v) is 18.4. The number of methoxy groups -OCH3 is 1. The third kappa shape index (κ3) is 6.81. The molecule has 0 aliphatic heterocycles. The molecule has 0 fully saturated rings. The predicted octanol–water partition coefficient (Wildman–Crippen LogP) is 3.55. The number of aryl methyl sites for hydroxylation is 2. The van der Waals surface area contributed by atoms with Crippen molar-refractivity contribution in [2.45, 2.75) is 33.2 Å². The number of nitrogens with one attached hydrogen (secondary N) is 2. The van der Waals surface area contributed by atoms with Gasteiger partial charge in [0.25, 0.3) is 0 Å². The summed E-state index contributed by atoms with van der Waals surface area (Å²) in [4.78, 5) is 8.80. The topological polar surface area (TPSA) is 58.5 Å². The summed E-state index contributed by atoms with van der Waals surface area (Å²) in [5, 5.41) is 9.90. The lowest BCUT2D eigenvalue weighted by atomic mass is 10.1. The molecular weight excluding hydrogens is 447 g/mol. The van der Waals surface area contributed by atoms with Crippen LogP contribution >= 0.6 is 35.3 Å². The molecule has 0 saturated heterocycles. The van der Waals surface area contributed by atoms with E-state index in [1.165, 1.54) is 10.6 Å². The van der Waals surface area contributed by atoms with E-state index in [2.05, 4.69) is 58.0 Å². The lowest BCUT2D eigenvalue weighted by Gasteiger charge is -2.12. The number of halogens is 1. The van der Waals surface area contributed by atoms with Gasteiger partial charge in [-0.2, -0.15) is 0 Å².